The number of aliphatic hydroxyl groups excluding tert-OH is 1. The van der Waals surface area contributed by atoms with Crippen LogP contribution in [0.15, 0.2) is 22.7 Å². The predicted molar refractivity (Wildman–Crippen MR) is 106 cm³/mol. The van der Waals surface area contributed by atoms with E-state index in [0.29, 0.717) is 25.7 Å². The Kier molecular flexibility index (Phi) is 5.99. The zero-order valence-corrected chi connectivity index (χ0v) is 17.9. The molecule has 4 rings (SSSR count). The van der Waals surface area contributed by atoms with Crippen LogP contribution in [-0.2, 0) is 17.6 Å². The first-order chi connectivity index (χ1) is 14.7. The van der Waals surface area contributed by atoms with E-state index < -0.39 is 25.0 Å². The number of hydrogen-bond donors (Lipinski definition) is 1. The fraction of sp³-hybridized carbons (Fsp3) is 0.500. The van der Waals surface area contributed by atoms with E-state index in [1.807, 2.05) is 4.68 Å². The van der Waals surface area contributed by atoms with Gasteiger partial charge in [-0.05, 0) is 65.4 Å². The molecule has 0 saturated carbocycles. The molecule has 3 heterocycles. The number of carbonyl (C=O) groups is 1. The number of benzene rings is 1. The number of fused-ring (bicyclic) bond motifs is 3. The average Bonchev–Trinajstić information content (AvgIpc) is 3.07. The van der Waals surface area contributed by atoms with Crippen LogP contribution in [0.25, 0.3) is 5.69 Å². The second kappa shape index (κ2) is 8.42. The average molecular weight is 506 g/mol. The van der Waals surface area contributed by atoms with Crippen LogP contribution in [0.4, 0.5) is 22.4 Å². The van der Waals surface area contributed by atoms with Gasteiger partial charge in [-0.25, -0.2) is 13.9 Å². The van der Waals surface area contributed by atoms with Crippen LogP contribution in [0.3, 0.4) is 0 Å². The highest BCUT2D eigenvalue weighted by atomic mass is 79.9. The van der Waals surface area contributed by atoms with E-state index in [1.165, 1.54) is 17.0 Å². The maximum Gasteiger partial charge on any atom is 0.427 e. The quantitative estimate of drug-likeness (QED) is 0.637. The summed E-state index contributed by atoms with van der Waals surface area (Å²) in [6.07, 6.45) is -6.01. The number of halogens is 5. The van der Waals surface area contributed by atoms with Gasteiger partial charge in [0.25, 0.3) is 0 Å². The van der Waals surface area contributed by atoms with Crippen molar-refractivity contribution in [3.05, 3.63) is 45.4 Å². The van der Waals surface area contributed by atoms with Crippen molar-refractivity contribution in [1.82, 2.24) is 14.7 Å². The van der Waals surface area contributed by atoms with Gasteiger partial charge < -0.3 is 14.7 Å². The highest BCUT2D eigenvalue weighted by Gasteiger charge is 2.43. The Balaban J connectivity index is 1.46. The molecule has 1 N–H and O–H groups in total. The number of likely N-dealkylation sites (tertiary alicyclic amines) is 1. The lowest BCUT2D eigenvalue weighted by Crippen LogP contribution is -2.44. The molecule has 11 heteroatoms. The second-order valence-corrected chi connectivity index (χ2v) is 8.48. The summed E-state index contributed by atoms with van der Waals surface area (Å²) >= 11 is 3.63. The number of alkyl halides is 3. The molecule has 2 aromatic rings. The van der Waals surface area contributed by atoms with Crippen LogP contribution in [0.1, 0.15) is 35.7 Å². The summed E-state index contributed by atoms with van der Waals surface area (Å²) in [5.74, 6) is -0.279. The minimum Gasteiger partial charge on any atom is -0.434 e. The summed E-state index contributed by atoms with van der Waals surface area (Å²) in [5, 5.41) is 13.6. The molecule has 168 valence electrons. The molecule has 0 bridgehead atoms. The number of carbonyl (C=O) groups excluding carboxylic acids is 1. The number of amides is 1. The smallest absolute Gasteiger partial charge is 0.427 e. The van der Waals surface area contributed by atoms with Gasteiger partial charge in [0, 0.05) is 19.0 Å². The number of piperidine rings is 1. The molecule has 1 aromatic carbocycles. The number of ether oxygens (including phenoxy) is 1. The van der Waals surface area contributed by atoms with Crippen LogP contribution in [0.5, 0.6) is 0 Å². The van der Waals surface area contributed by atoms with E-state index in [0.717, 1.165) is 27.1 Å². The Bertz CT molecular complexity index is 987. The van der Waals surface area contributed by atoms with E-state index in [1.54, 1.807) is 6.07 Å². The summed E-state index contributed by atoms with van der Waals surface area (Å²) < 4.78 is 58.9. The van der Waals surface area contributed by atoms with Gasteiger partial charge in [-0.1, -0.05) is 0 Å². The Hall–Kier alpha value is -2.14. The van der Waals surface area contributed by atoms with Gasteiger partial charge in [0.1, 0.15) is 5.82 Å². The van der Waals surface area contributed by atoms with Crippen molar-refractivity contribution < 1.29 is 32.2 Å². The van der Waals surface area contributed by atoms with Crippen molar-refractivity contribution in [3.8, 4) is 5.69 Å². The minimum absolute atomic E-state index is 0.0108. The fourth-order valence-electron chi connectivity index (χ4n) is 4.08. The lowest BCUT2D eigenvalue weighted by atomic mass is 9.93. The van der Waals surface area contributed by atoms with Crippen molar-refractivity contribution in [2.45, 2.75) is 43.9 Å². The molecular weight excluding hydrogens is 486 g/mol. The Labute approximate surface area is 183 Å². The molecule has 0 radical (unpaired) electrons. The molecule has 2 aliphatic rings. The molecule has 31 heavy (non-hydrogen) atoms. The second-order valence-electron chi connectivity index (χ2n) is 7.69. The van der Waals surface area contributed by atoms with Crippen molar-refractivity contribution in [1.29, 1.82) is 0 Å². The normalized spacial score (nSPS) is 17.8. The van der Waals surface area contributed by atoms with Crippen LogP contribution < -0.4 is 0 Å². The van der Waals surface area contributed by atoms with Gasteiger partial charge in [0.2, 0.25) is 6.10 Å². The minimum atomic E-state index is -4.82. The Morgan fingerprint density at radius 3 is 2.65 bits per heavy atom. The summed E-state index contributed by atoms with van der Waals surface area (Å²) in [6.45, 7) is -0.879. The third-order valence-electron chi connectivity index (χ3n) is 5.76. The van der Waals surface area contributed by atoms with Gasteiger partial charge in [-0.2, -0.15) is 18.3 Å². The van der Waals surface area contributed by atoms with Crippen LogP contribution in [0, 0.1) is 5.82 Å². The molecule has 2 aliphatic heterocycles. The summed E-state index contributed by atoms with van der Waals surface area (Å²) in [4.78, 5) is 13.3. The first kappa shape index (κ1) is 22.1. The highest BCUT2D eigenvalue weighted by molar-refractivity contribution is 9.10. The summed E-state index contributed by atoms with van der Waals surface area (Å²) in [6, 6.07) is 4.61. The lowest BCUT2D eigenvalue weighted by molar-refractivity contribution is -0.214. The number of hydrogen-bond acceptors (Lipinski definition) is 4. The SMILES string of the molecule is O=C(OC(CO)C(F)(F)F)N1CCC(c2nn3c(c2Br)CCc2cc(F)ccc2-3)CC1. The molecule has 0 aliphatic carbocycles. The first-order valence-corrected chi connectivity index (χ1v) is 10.7. The molecule has 6 nitrogen and oxygen atoms in total. The van der Waals surface area contributed by atoms with E-state index in [9.17, 15) is 22.4 Å². The van der Waals surface area contributed by atoms with E-state index in [4.69, 9.17) is 10.2 Å². The Morgan fingerprint density at radius 2 is 2.00 bits per heavy atom. The standard InChI is InChI=1S/C20H20BrF4N3O3/c21-17-15-3-1-12-9-13(22)2-4-14(12)28(15)26-18(17)11-5-7-27(8-6-11)19(30)31-16(10-29)20(23,24)25/h2,4,9,11,16,29H,1,3,5-8,10H2. The third-order valence-corrected chi connectivity index (χ3v) is 6.62. The van der Waals surface area contributed by atoms with Gasteiger partial charge in [0.05, 0.1) is 28.2 Å². The molecule has 1 amide bonds. The molecule has 1 fully saturated rings. The zero-order chi connectivity index (χ0) is 22.3. The summed E-state index contributed by atoms with van der Waals surface area (Å²) in [5.41, 5.74) is 3.53. The molecular formula is C20H20BrF4N3O3. The zero-order valence-electron chi connectivity index (χ0n) is 16.3. The van der Waals surface area contributed by atoms with Crippen molar-refractivity contribution in [2.24, 2.45) is 0 Å². The molecule has 1 atom stereocenters. The topological polar surface area (TPSA) is 67.6 Å². The maximum absolute atomic E-state index is 13.6. The fourth-order valence-corrected chi connectivity index (χ4v) is 4.85. The highest BCUT2D eigenvalue weighted by Crippen LogP contribution is 2.38. The van der Waals surface area contributed by atoms with E-state index in [2.05, 4.69) is 20.7 Å². The van der Waals surface area contributed by atoms with Crippen molar-refractivity contribution in [2.75, 3.05) is 19.7 Å². The number of aryl methyl sites for hydroxylation is 1. The lowest BCUT2D eigenvalue weighted by Gasteiger charge is -2.32. The van der Waals surface area contributed by atoms with Gasteiger partial charge in [-0.15, -0.1) is 0 Å². The Morgan fingerprint density at radius 1 is 1.29 bits per heavy atom. The maximum atomic E-state index is 13.6. The third kappa shape index (κ3) is 4.30. The molecule has 1 unspecified atom stereocenters. The first-order valence-electron chi connectivity index (χ1n) is 9.88. The van der Waals surface area contributed by atoms with Crippen LogP contribution >= 0.6 is 15.9 Å². The molecule has 1 saturated heterocycles. The van der Waals surface area contributed by atoms with E-state index >= 15 is 0 Å². The number of aliphatic hydroxyl groups is 1. The number of rotatable bonds is 3. The predicted octanol–water partition coefficient (Wildman–Crippen LogP) is 4.11. The van der Waals surface area contributed by atoms with E-state index in [-0.39, 0.29) is 24.8 Å². The molecule has 0 spiro atoms. The van der Waals surface area contributed by atoms with Gasteiger partial charge >= 0.3 is 12.3 Å². The van der Waals surface area contributed by atoms with Crippen LogP contribution in [-0.4, -0.2) is 57.9 Å². The number of aromatic nitrogens is 2. The van der Waals surface area contributed by atoms with Crippen LogP contribution in [0.2, 0.25) is 0 Å². The molecule has 1 aromatic heterocycles. The number of nitrogens with zero attached hydrogens (tertiary/aromatic N) is 3. The largest absolute Gasteiger partial charge is 0.434 e. The van der Waals surface area contributed by atoms with Crippen molar-refractivity contribution >= 4 is 22.0 Å². The monoisotopic (exact) mass is 505 g/mol. The van der Waals surface area contributed by atoms with Gasteiger partial charge in [0.15, 0.2) is 0 Å². The summed E-state index contributed by atoms with van der Waals surface area (Å²) in [7, 11) is 0. The van der Waals surface area contributed by atoms with Gasteiger partial charge in [-0.3, -0.25) is 0 Å². The van der Waals surface area contributed by atoms with Crippen molar-refractivity contribution in [3.63, 3.8) is 0 Å².